The van der Waals surface area contributed by atoms with Crippen LogP contribution in [0.3, 0.4) is 0 Å². The van der Waals surface area contributed by atoms with Crippen molar-refractivity contribution >= 4 is 34.9 Å². The fraction of sp³-hybridized carbons (Fsp3) is 0.214. The van der Waals surface area contributed by atoms with Crippen LogP contribution in [0.2, 0.25) is 0 Å². The zero-order chi connectivity index (χ0) is 26.1. The molecule has 0 spiro atoms. The van der Waals surface area contributed by atoms with Crippen LogP contribution in [0.1, 0.15) is 62.8 Å². The zero-order valence-corrected chi connectivity index (χ0v) is 20.2. The summed E-state index contributed by atoms with van der Waals surface area (Å²) in [6.07, 6.45) is 1.47. The molecule has 3 N–H and O–H groups in total. The van der Waals surface area contributed by atoms with E-state index in [2.05, 4.69) is 10.6 Å². The van der Waals surface area contributed by atoms with E-state index in [1.54, 1.807) is 54.6 Å². The van der Waals surface area contributed by atoms with Crippen LogP contribution in [-0.4, -0.2) is 35.3 Å². The van der Waals surface area contributed by atoms with E-state index >= 15 is 0 Å². The molecule has 36 heavy (non-hydrogen) atoms. The highest BCUT2D eigenvalue weighted by molar-refractivity contribution is 6.12. The molecule has 2 amide bonds. The normalized spacial score (nSPS) is 10.4. The van der Waals surface area contributed by atoms with E-state index in [9.17, 15) is 24.3 Å². The van der Waals surface area contributed by atoms with Gasteiger partial charge in [-0.2, -0.15) is 0 Å². The Balaban J connectivity index is 1.54. The molecule has 0 aliphatic heterocycles. The summed E-state index contributed by atoms with van der Waals surface area (Å²) < 4.78 is 5.65. The molecule has 0 unspecified atom stereocenters. The van der Waals surface area contributed by atoms with Crippen LogP contribution in [0.15, 0.2) is 66.7 Å². The lowest BCUT2D eigenvalue weighted by molar-refractivity contribution is -0.116. The molecule has 3 aromatic carbocycles. The van der Waals surface area contributed by atoms with Crippen LogP contribution in [0, 0.1) is 6.92 Å². The number of carbonyl (C=O) groups excluding carboxylic acids is 3. The van der Waals surface area contributed by atoms with Crippen molar-refractivity contribution < 1.29 is 29.0 Å². The molecule has 186 valence electrons. The van der Waals surface area contributed by atoms with Gasteiger partial charge in [0.05, 0.1) is 29.1 Å². The third-order valence-electron chi connectivity index (χ3n) is 5.43. The van der Waals surface area contributed by atoms with Crippen LogP contribution < -0.4 is 15.4 Å². The number of Topliss-reactive ketones (excluding diaryl/α,β-unsaturated/α-hetero) is 1. The molecule has 8 heteroatoms. The van der Waals surface area contributed by atoms with E-state index in [-0.39, 0.29) is 34.9 Å². The number of amides is 2. The van der Waals surface area contributed by atoms with Crippen molar-refractivity contribution in [2.45, 2.75) is 33.1 Å². The number of unbranched alkanes of at least 4 members (excludes halogenated alkanes) is 1. The maximum Gasteiger partial charge on any atom is 0.337 e. The molecule has 3 aromatic rings. The summed E-state index contributed by atoms with van der Waals surface area (Å²) in [5, 5.41) is 14.8. The van der Waals surface area contributed by atoms with E-state index < -0.39 is 11.9 Å². The summed E-state index contributed by atoms with van der Waals surface area (Å²) in [5.41, 5.74) is 2.16. The fourth-order valence-electron chi connectivity index (χ4n) is 3.50. The number of hydrogen-bond acceptors (Lipinski definition) is 5. The Hall–Kier alpha value is -4.46. The van der Waals surface area contributed by atoms with Crippen LogP contribution in [0.25, 0.3) is 0 Å². The summed E-state index contributed by atoms with van der Waals surface area (Å²) in [6, 6.07) is 18.1. The van der Waals surface area contributed by atoms with Gasteiger partial charge in [0.1, 0.15) is 5.75 Å². The SMILES string of the molecule is CC(=O)c1ccc(OCCCCC(=O)Nc2ccc(C)cc2C(=O)Nc2ccccc2C(=O)O)cc1. The number of ether oxygens (including phenoxy) is 1. The van der Waals surface area contributed by atoms with Crippen LogP contribution in [0.5, 0.6) is 5.75 Å². The molecule has 0 aliphatic carbocycles. The molecule has 0 aliphatic rings. The lowest BCUT2D eigenvalue weighted by Gasteiger charge is -2.14. The van der Waals surface area contributed by atoms with Crippen molar-refractivity contribution in [3.63, 3.8) is 0 Å². The molecule has 0 heterocycles. The summed E-state index contributed by atoms with van der Waals surface area (Å²) in [6.45, 7) is 3.75. The molecular formula is C28H28N2O6. The minimum atomic E-state index is -1.15. The van der Waals surface area contributed by atoms with Gasteiger partial charge in [0.25, 0.3) is 5.91 Å². The molecule has 0 radical (unpaired) electrons. The zero-order valence-electron chi connectivity index (χ0n) is 20.2. The molecule has 0 saturated heterocycles. The quantitative estimate of drug-likeness (QED) is 0.248. The maximum atomic E-state index is 12.9. The number of aromatic carboxylic acids is 1. The molecule has 3 rings (SSSR count). The van der Waals surface area contributed by atoms with Gasteiger partial charge in [-0.15, -0.1) is 0 Å². The predicted molar refractivity (Wildman–Crippen MR) is 137 cm³/mol. The number of anilines is 2. The Bertz CT molecular complexity index is 1270. The number of carboxylic acids is 1. The van der Waals surface area contributed by atoms with Crippen LogP contribution in [-0.2, 0) is 4.79 Å². The number of nitrogens with one attached hydrogen (secondary N) is 2. The number of hydrogen-bond donors (Lipinski definition) is 3. The van der Waals surface area contributed by atoms with Gasteiger partial charge in [0, 0.05) is 12.0 Å². The molecule has 0 aromatic heterocycles. The lowest BCUT2D eigenvalue weighted by atomic mass is 10.1. The number of benzene rings is 3. The number of carboxylic acid groups (broad SMARTS) is 1. The molecule has 0 saturated carbocycles. The topological polar surface area (TPSA) is 122 Å². The van der Waals surface area contributed by atoms with Crippen molar-refractivity contribution in [1.82, 2.24) is 0 Å². The van der Waals surface area contributed by atoms with E-state index in [1.165, 1.54) is 19.1 Å². The molecule has 0 fully saturated rings. The summed E-state index contributed by atoms with van der Waals surface area (Å²) in [5.74, 6) is -1.27. The Morgan fingerprint density at radius 3 is 2.22 bits per heavy atom. The summed E-state index contributed by atoms with van der Waals surface area (Å²) >= 11 is 0. The summed E-state index contributed by atoms with van der Waals surface area (Å²) in [4.78, 5) is 48.2. The third-order valence-corrected chi connectivity index (χ3v) is 5.43. The predicted octanol–water partition coefficient (Wildman–Crippen LogP) is 5.34. The van der Waals surface area contributed by atoms with Gasteiger partial charge in [-0.05, 0) is 75.2 Å². The second kappa shape index (κ2) is 12.3. The van der Waals surface area contributed by atoms with Crippen molar-refractivity contribution in [2.24, 2.45) is 0 Å². The monoisotopic (exact) mass is 488 g/mol. The van der Waals surface area contributed by atoms with Crippen LogP contribution in [0.4, 0.5) is 11.4 Å². The Morgan fingerprint density at radius 2 is 1.53 bits per heavy atom. The number of ketones is 1. The average molecular weight is 489 g/mol. The van der Waals surface area contributed by atoms with Gasteiger partial charge in [-0.3, -0.25) is 14.4 Å². The highest BCUT2D eigenvalue weighted by Crippen LogP contribution is 2.22. The molecule has 0 atom stereocenters. The van der Waals surface area contributed by atoms with Crippen molar-refractivity contribution in [1.29, 1.82) is 0 Å². The number of carbonyl (C=O) groups is 4. The van der Waals surface area contributed by atoms with Crippen LogP contribution >= 0.6 is 0 Å². The van der Waals surface area contributed by atoms with E-state index in [4.69, 9.17) is 4.74 Å². The van der Waals surface area contributed by atoms with Gasteiger partial charge in [0.2, 0.25) is 5.91 Å². The first-order valence-electron chi connectivity index (χ1n) is 11.5. The highest BCUT2D eigenvalue weighted by Gasteiger charge is 2.17. The lowest BCUT2D eigenvalue weighted by Crippen LogP contribution is -2.19. The highest BCUT2D eigenvalue weighted by atomic mass is 16.5. The van der Waals surface area contributed by atoms with Gasteiger partial charge < -0.3 is 20.5 Å². The fourth-order valence-corrected chi connectivity index (χ4v) is 3.50. The third kappa shape index (κ3) is 7.27. The van der Waals surface area contributed by atoms with Crippen molar-refractivity contribution in [3.05, 3.63) is 89.0 Å². The Morgan fingerprint density at radius 1 is 0.833 bits per heavy atom. The standard InChI is InChI=1S/C28H28N2O6/c1-18-10-15-25(23(17-18)27(33)30-24-8-4-3-7-22(24)28(34)35)29-26(32)9-5-6-16-36-21-13-11-20(12-14-21)19(2)31/h3-4,7-8,10-15,17H,5-6,9,16H2,1-2H3,(H,29,32)(H,30,33)(H,34,35). The molecule has 0 bridgehead atoms. The smallest absolute Gasteiger partial charge is 0.337 e. The first kappa shape index (κ1) is 26.2. The van der Waals surface area contributed by atoms with Gasteiger partial charge >= 0.3 is 5.97 Å². The van der Waals surface area contributed by atoms with E-state index in [0.29, 0.717) is 36.4 Å². The van der Waals surface area contributed by atoms with E-state index in [0.717, 1.165) is 5.56 Å². The maximum absolute atomic E-state index is 12.9. The first-order valence-corrected chi connectivity index (χ1v) is 11.5. The second-order valence-electron chi connectivity index (χ2n) is 8.29. The van der Waals surface area contributed by atoms with Gasteiger partial charge in [-0.25, -0.2) is 4.79 Å². The minimum Gasteiger partial charge on any atom is -0.494 e. The second-order valence-corrected chi connectivity index (χ2v) is 8.29. The number of para-hydroxylation sites is 1. The largest absolute Gasteiger partial charge is 0.494 e. The van der Waals surface area contributed by atoms with E-state index in [1.807, 2.05) is 6.92 Å². The van der Waals surface area contributed by atoms with Crippen molar-refractivity contribution in [2.75, 3.05) is 17.2 Å². The molecular weight excluding hydrogens is 460 g/mol. The number of rotatable bonds is 11. The number of aryl methyl sites for hydroxylation is 1. The van der Waals surface area contributed by atoms with Gasteiger partial charge in [0.15, 0.2) is 5.78 Å². The summed E-state index contributed by atoms with van der Waals surface area (Å²) in [7, 11) is 0. The van der Waals surface area contributed by atoms with Gasteiger partial charge in [-0.1, -0.05) is 23.8 Å². The Labute approximate surface area is 209 Å². The van der Waals surface area contributed by atoms with Crippen molar-refractivity contribution in [3.8, 4) is 5.75 Å². The molecule has 8 nitrogen and oxygen atoms in total. The first-order chi connectivity index (χ1) is 17.2. The Kier molecular flexibility index (Phi) is 8.94. The average Bonchev–Trinajstić information content (AvgIpc) is 2.85. The minimum absolute atomic E-state index is 0.00754.